The van der Waals surface area contributed by atoms with Gasteiger partial charge in [0.05, 0.1) is 29.8 Å². The minimum atomic E-state index is -1.60. The van der Waals surface area contributed by atoms with Crippen molar-refractivity contribution in [2.45, 2.75) is 44.2 Å². The van der Waals surface area contributed by atoms with Gasteiger partial charge in [-0.2, -0.15) is 4.57 Å². The van der Waals surface area contributed by atoms with Gasteiger partial charge in [0.1, 0.15) is 12.6 Å². The van der Waals surface area contributed by atoms with E-state index in [2.05, 4.69) is 192 Å². The van der Waals surface area contributed by atoms with E-state index < -0.39 is 8.07 Å². The number of hydrogen-bond acceptors (Lipinski definition) is 1. The molecule has 0 aliphatic carbocycles. The highest BCUT2D eigenvalue weighted by molar-refractivity contribution is 7.26. The predicted octanol–water partition coefficient (Wildman–Crippen LogP) is 11.1. The third kappa shape index (κ3) is 4.52. The molecule has 0 amide bonds. The second kappa shape index (κ2) is 11.7. The van der Waals surface area contributed by atoms with E-state index in [4.69, 9.17) is 0 Å². The summed E-state index contributed by atoms with van der Waals surface area (Å²) in [6.07, 6.45) is 4.70. The molecule has 9 aromatic rings. The molecule has 0 fully saturated rings. The van der Waals surface area contributed by atoms with Crippen LogP contribution in [0.2, 0.25) is 19.6 Å². The lowest BCUT2D eigenvalue weighted by molar-refractivity contribution is -0.730. The van der Waals surface area contributed by atoms with Gasteiger partial charge in [0.25, 0.3) is 5.82 Å². The van der Waals surface area contributed by atoms with Crippen LogP contribution >= 0.6 is 11.3 Å². The summed E-state index contributed by atoms with van der Waals surface area (Å²) >= 11 is 1.95. The van der Waals surface area contributed by atoms with E-state index in [0.29, 0.717) is 0 Å². The largest absolute Gasteiger partial charge is 0.292 e. The molecular weight excluding hydrogens is 691 g/mol. The summed E-state index contributed by atoms with van der Waals surface area (Å²) in [7, 11) is -1.60. The summed E-state index contributed by atoms with van der Waals surface area (Å²) in [5.74, 6) is 1.40. The number of rotatable bonds is 5. The molecule has 260 valence electrons. The van der Waals surface area contributed by atoms with Gasteiger partial charge in [0.2, 0.25) is 5.69 Å². The van der Waals surface area contributed by atoms with Gasteiger partial charge in [0, 0.05) is 32.3 Å². The van der Waals surface area contributed by atoms with Gasteiger partial charge in [-0.25, -0.2) is 9.13 Å². The molecule has 5 heteroatoms. The average molecular weight is 732 g/mol. The van der Waals surface area contributed by atoms with Gasteiger partial charge in [-0.05, 0) is 52.2 Å². The van der Waals surface area contributed by atoms with Crippen molar-refractivity contribution in [3.63, 3.8) is 0 Å². The van der Waals surface area contributed by atoms with Crippen LogP contribution in [-0.4, -0.2) is 12.6 Å². The van der Waals surface area contributed by atoms with Crippen LogP contribution in [0, 0.1) is 0 Å². The molecule has 11 rings (SSSR count). The first-order valence-corrected chi connectivity index (χ1v) is 23.4. The molecule has 3 aromatic heterocycles. The topological polar surface area (TPSA) is 12.7 Å². The number of benzene rings is 6. The Labute approximate surface area is 320 Å². The van der Waals surface area contributed by atoms with Crippen molar-refractivity contribution in [3.8, 4) is 22.6 Å². The Bertz CT molecular complexity index is 3000. The Balaban J connectivity index is 1.28. The molecule has 3 unspecified atom stereocenters. The summed E-state index contributed by atoms with van der Waals surface area (Å²) in [5, 5.41) is 6.68. The molecule has 2 aliphatic heterocycles. The molecule has 0 radical (unpaired) electrons. The maximum atomic E-state index is 4.60. The van der Waals surface area contributed by atoms with E-state index in [1.54, 1.807) is 0 Å². The fraction of sp³-hybridized carbons (Fsp3) is 0.143. The van der Waals surface area contributed by atoms with Gasteiger partial charge < -0.3 is 0 Å². The normalized spacial score (nSPS) is 17.5. The molecule has 54 heavy (non-hydrogen) atoms. The quantitative estimate of drug-likeness (QED) is 0.0950. The highest BCUT2D eigenvalue weighted by atomic mass is 32.1. The van der Waals surface area contributed by atoms with Crippen LogP contribution in [0.25, 0.3) is 64.6 Å². The highest BCUT2D eigenvalue weighted by Crippen LogP contribution is 2.54. The molecular formula is C49H41N3SSi+2. The molecule has 0 saturated heterocycles. The molecule has 6 aromatic carbocycles. The number of nitrogens with zero attached hydrogens (tertiary/aromatic N) is 3. The minimum absolute atomic E-state index is 0.0330. The van der Waals surface area contributed by atoms with Crippen LogP contribution < -0.4 is 14.3 Å². The van der Waals surface area contributed by atoms with Gasteiger partial charge in [-0.15, -0.1) is 11.3 Å². The van der Waals surface area contributed by atoms with Crippen molar-refractivity contribution in [2.24, 2.45) is 0 Å². The number of hydrogen-bond donors (Lipinski definition) is 0. The molecule has 3 nitrogen and oxygen atoms in total. The number of aromatic nitrogens is 3. The first-order chi connectivity index (χ1) is 26.4. The summed E-state index contributed by atoms with van der Waals surface area (Å²) in [5.41, 5.74) is 10.6. The van der Waals surface area contributed by atoms with Gasteiger partial charge in [-0.3, -0.25) is 0 Å². The Morgan fingerprint density at radius 3 is 2.30 bits per heavy atom. The average Bonchev–Trinajstić information content (AvgIpc) is 3.84. The molecule has 0 spiro atoms. The number of fused-ring (bicyclic) bond motifs is 13. The lowest BCUT2D eigenvalue weighted by Crippen LogP contribution is -2.55. The van der Waals surface area contributed by atoms with E-state index >= 15 is 0 Å². The first-order valence-electron chi connectivity index (χ1n) is 19.1. The van der Waals surface area contributed by atoms with Crippen LogP contribution in [0.3, 0.4) is 0 Å². The van der Waals surface area contributed by atoms with Crippen molar-refractivity contribution in [1.29, 1.82) is 0 Å². The predicted molar refractivity (Wildman–Crippen MR) is 229 cm³/mol. The first kappa shape index (κ1) is 31.9. The Kier molecular flexibility index (Phi) is 6.90. The van der Waals surface area contributed by atoms with Crippen molar-refractivity contribution < 1.29 is 9.13 Å². The Morgan fingerprint density at radius 2 is 1.48 bits per heavy atom. The SMILES string of the molecule is C=CC1C(C2c3ccc4c(sc5ccccc54)c3-c3n(Cc4ccccc4)c4cc5ccccc5cc4[n+]32)c2ccccc2-c2ccc([Si](C)(C)C)c[n+]21. The van der Waals surface area contributed by atoms with Gasteiger partial charge in [-0.1, -0.05) is 135 Å². The Morgan fingerprint density at radius 1 is 0.741 bits per heavy atom. The number of pyridine rings is 1. The van der Waals surface area contributed by atoms with Crippen molar-refractivity contribution in [3.05, 3.63) is 175 Å². The van der Waals surface area contributed by atoms with Crippen molar-refractivity contribution in [2.75, 3.05) is 0 Å². The fourth-order valence-corrected chi connectivity index (χ4v) is 12.0. The second-order valence-corrected chi connectivity index (χ2v) is 22.3. The standard InChI is InChI=1S/C49H41N3SSi/c1-5-40-45(37-21-12-11-19-35(37)41-26-23-34(30-50(40)41)54(2,3)4)47-39-25-24-38-36-20-13-14-22-44(36)53-48(38)46(39)49-51(29-31-15-7-6-8-16-31)42-27-32-17-9-10-18-33(32)28-43(42)52(47)49/h5-28,30,40,45,47H,1,29H2,2-4H3/q+2. The maximum Gasteiger partial charge on any atom is 0.292 e. The monoisotopic (exact) mass is 731 g/mol. The molecule has 3 atom stereocenters. The maximum absolute atomic E-state index is 4.60. The van der Waals surface area contributed by atoms with Crippen LogP contribution in [-0.2, 0) is 6.54 Å². The highest BCUT2D eigenvalue weighted by Gasteiger charge is 2.53. The van der Waals surface area contributed by atoms with Crippen LogP contribution in [0.1, 0.15) is 34.7 Å². The van der Waals surface area contributed by atoms with E-state index in [-0.39, 0.29) is 18.0 Å². The zero-order valence-corrected chi connectivity index (χ0v) is 32.6. The zero-order chi connectivity index (χ0) is 36.3. The lowest BCUT2D eigenvalue weighted by atomic mass is 9.76. The van der Waals surface area contributed by atoms with E-state index in [1.165, 1.54) is 86.5 Å². The fourth-order valence-electron chi connectivity index (χ4n) is 9.65. The number of imidazole rings is 1. The molecule has 5 heterocycles. The summed E-state index contributed by atoms with van der Waals surface area (Å²) < 4.78 is 10.7. The van der Waals surface area contributed by atoms with E-state index in [9.17, 15) is 0 Å². The van der Waals surface area contributed by atoms with Gasteiger partial charge >= 0.3 is 0 Å². The molecule has 0 saturated carbocycles. The van der Waals surface area contributed by atoms with Crippen molar-refractivity contribution in [1.82, 2.24) is 4.57 Å². The van der Waals surface area contributed by atoms with Crippen LogP contribution in [0.4, 0.5) is 0 Å². The molecule has 0 bridgehead atoms. The van der Waals surface area contributed by atoms with E-state index in [1.807, 2.05) is 11.3 Å². The lowest BCUT2D eigenvalue weighted by Gasteiger charge is -2.33. The Hall–Kier alpha value is -5.62. The van der Waals surface area contributed by atoms with Crippen LogP contribution in [0.5, 0.6) is 0 Å². The minimum Gasteiger partial charge on any atom is -0.218 e. The molecule has 2 aliphatic rings. The second-order valence-electron chi connectivity index (χ2n) is 16.2. The summed E-state index contributed by atoms with van der Waals surface area (Å²) in [4.78, 5) is 0. The van der Waals surface area contributed by atoms with Crippen LogP contribution in [0.15, 0.2) is 158 Å². The number of thiophene rings is 1. The third-order valence-electron chi connectivity index (χ3n) is 12.2. The zero-order valence-electron chi connectivity index (χ0n) is 30.8. The summed E-state index contributed by atoms with van der Waals surface area (Å²) in [6, 6.07) is 52.6. The smallest absolute Gasteiger partial charge is 0.218 e. The van der Waals surface area contributed by atoms with Crippen molar-refractivity contribution >= 4 is 66.6 Å². The van der Waals surface area contributed by atoms with E-state index in [0.717, 1.165) is 6.54 Å². The molecule has 0 N–H and O–H groups in total. The third-order valence-corrected chi connectivity index (χ3v) is 15.4. The number of allylic oxidation sites excluding steroid dienone is 1. The summed E-state index contributed by atoms with van der Waals surface area (Å²) in [6.45, 7) is 12.7. The van der Waals surface area contributed by atoms with Gasteiger partial charge in [0.15, 0.2) is 23.3 Å².